The second-order valence-electron chi connectivity index (χ2n) is 4.98. The van der Waals surface area contributed by atoms with Gasteiger partial charge in [0, 0.05) is 22.8 Å². The quantitative estimate of drug-likeness (QED) is 0.916. The minimum Gasteiger partial charge on any atom is -0.389 e. The zero-order valence-electron chi connectivity index (χ0n) is 9.13. The Morgan fingerprint density at radius 1 is 1.53 bits per heavy atom. The van der Waals surface area contributed by atoms with Crippen molar-refractivity contribution in [1.82, 2.24) is 4.98 Å². The molecular weight excluding hydrogens is 254 g/mol. The van der Waals surface area contributed by atoms with E-state index in [1.807, 2.05) is 19.1 Å². The maximum atomic E-state index is 10.4. The number of rotatable bonds is 3. The van der Waals surface area contributed by atoms with E-state index in [9.17, 15) is 5.11 Å². The maximum Gasteiger partial charge on any atom is 0.0728 e. The zero-order chi connectivity index (χ0) is 11.1. The van der Waals surface area contributed by atoms with Crippen LogP contribution in [0.1, 0.15) is 32.4 Å². The Hall–Kier alpha value is -0.410. The molecule has 1 aromatic heterocycles. The number of aromatic nitrogens is 1. The molecule has 0 aliphatic heterocycles. The lowest BCUT2D eigenvalue weighted by Crippen LogP contribution is -2.37. The van der Waals surface area contributed by atoms with Gasteiger partial charge in [-0.25, -0.2) is 0 Å². The average molecular weight is 270 g/mol. The zero-order valence-corrected chi connectivity index (χ0v) is 10.7. The smallest absolute Gasteiger partial charge is 0.0728 e. The van der Waals surface area contributed by atoms with Crippen LogP contribution in [-0.4, -0.2) is 15.7 Å². The first-order valence-electron chi connectivity index (χ1n) is 5.26. The van der Waals surface area contributed by atoms with Gasteiger partial charge < -0.3 is 5.11 Å². The van der Waals surface area contributed by atoms with Crippen molar-refractivity contribution >= 4 is 15.9 Å². The molecule has 0 radical (unpaired) electrons. The van der Waals surface area contributed by atoms with Crippen molar-refractivity contribution < 1.29 is 5.11 Å². The minimum atomic E-state index is -0.631. The fourth-order valence-corrected chi connectivity index (χ4v) is 2.04. The molecule has 1 atom stereocenters. The molecule has 0 amide bonds. The highest BCUT2D eigenvalue weighted by molar-refractivity contribution is 9.10. The Labute approximate surface area is 98.9 Å². The molecule has 1 fully saturated rings. The Morgan fingerprint density at radius 2 is 2.20 bits per heavy atom. The minimum absolute atomic E-state index is 0.0990. The summed E-state index contributed by atoms with van der Waals surface area (Å²) < 4.78 is 0.975. The summed E-state index contributed by atoms with van der Waals surface area (Å²) in [5.74, 6) is 0. The average Bonchev–Trinajstić information content (AvgIpc) is 2.89. The van der Waals surface area contributed by atoms with Crippen LogP contribution in [-0.2, 0) is 6.42 Å². The summed E-state index contributed by atoms with van der Waals surface area (Å²) in [7, 11) is 0. The van der Waals surface area contributed by atoms with Crippen LogP contribution >= 0.6 is 15.9 Å². The van der Waals surface area contributed by atoms with Crippen LogP contribution in [0, 0.1) is 5.41 Å². The summed E-state index contributed by atoms with van der Waals surface area (Å²) in [5.41, 5.74) is 0.423. The highest BCUT2D eigenvalue weighted by atomic mass is 79.9. The van der Waals surface area contributed by atoms with Crippen molar-refractivity contribution in [2.75, 3.05) is 0 Å². The van der Waals surface area contributed by atoms with E-state index in [-0.39, 0.29) is 5.41 Å². The molecule has 0 spiro atoms. The van der Waals surface area contributed by atoms with Crippen LogP contribution in [0.3, 0.4) is 0 Å². The predicted molar refractivity (Wildman–Crippen MR) is 63.6 cm³/mol. The number of halogens is 1. The first kappa shape index (κ1) is 11.1. The second kappa shape index (κ2) is 3.56. The first-order chi connectivity index (χ1) is 6.93. The molecule has 0 saturated heterocycles. The summed E-state index contributed by atoms with van der Waals surface area (Å²) in [6.45, 7) is 4.07. The van der Waals surface area contributed by atoms with Gasteiger partial charge in [-0.2, -0.15) is 0 Å². The molecule has 3 heteroatoms. The Kier molecular flexibility index (Phi) is 2.63. The van der Waals surface area contributed by atoms with E-state index < -0.39 is 5.60 Å². The molecule has 2 nitrogen and oxygen atoms in total. The van der Waals surface area contributed by atoms with E-state index in [2.05, 4.69) is 27.8 Å². The summed E-state index contributed by atoms with van der Waals surface area (Å²) in [4.78, 5) is 4.30. The van der Waals surface area contributed by atoms with E-state index >= 15 is 0 Å². The molecule has 15 heavy (non-hydrogen) atoms. The lowest BCUT2D eigenvalue weighted by molar-refractivity contribution is -0.00783. The standard InChI is InChI=1S/C12H16BrNO/c1-11(5-6-11)12(2,15)7-10-4-3-9(13)8-14-10/h3-4,8,15H,5-7H2,1-2H3. The molecular formula is C12H16BrNO. The normalized spacial score (nSPS) is 22.1. The monoisotopic (exact) mass is 269 g/mol. The number of hydrogen-bond acceptors (Lipinski definition) is 2. The molecule has 82 valence electrons. The molecule has 1 aliphatic carbocycles. The van der Waals surface area contributed by atoms with Gasteiger partial charge in [-0.3, -0.25) is 4.98 Å². The SMILES string of the molecule is CC(O)(Cc1ccc(Br)cn1)C1(C)CC1. The van der Waals surface area contributed by atoms with Crippen molar-refractivity contribution in [3.63, 3.8) is 0 Å². The van der Waals surface area contributed by atoms with Gasteiger partial charge in [-0.15, -0.1) is 0 Å². The molecule has 1 aromatic rings. The van der Waals surface area contributed by atoms with Gasteiger partial charge in [0.1, 0.15) is 0 Å². The number of aliphatic hydroxyl groups is 1. The van der Waals surface area contributed by atoms with Crippen molar-refractivity contribution in [1.29, 1.82) is 0 Å². The third-order valence-corrected chi connectivity index (χ3v) is 4.08. The summed E-state index contributed by atoms with van der Waals surface area (Å²) >= 11 is 3.35. The van der Waals surface area contributed by atoms with Gasteiger partial charge in [0.05, 0.1) is 5.60 Å². The highest BCUT2D eigenvalue weighted by Crippen LogP contribution is 2.54. The topological polar surface area (TPSA) is 33.1 Å². The van der Waals surface area contributed by atoms with E-state index in [4.69, 9.17) is 0 Å². The van der Waals surface area contributed by atoms with Crippen molar-refractivity contribution in [3.05, 3.63) is 28.5 Å². The number of pyridine rings is 1. The highest BCUT2D eigenvalue weighted by Gasteiger charge is 2.52. The number of nitrogens with zero attached hydrogens (tertiary/aromatic N) is 1. The van der Waals surface area contributed by atoms with Gasteiger partial charge in [-0.05, 0) is 53.2 Å². The van der Waals surface area contributed by atoms with Gasteiger partial charge in [0.15, 0.2) is 0 Å². The van der Waals surface area contributed by atoms with E-state index in [0.717, 1.165) is 23.0 Å². The van der Waals surface area contributed by atoms with E-state index in [1.165, 1.54) is 0 Å². The Bertz CT molecular complexity index is 354. The van der Waals surface area contributed by atoms with Crippen molar-refractivity contribution in [3.8, 4) is 0 Å². The van der Waals surface area contributed by atoms with Gasteiger partial charge in [0.2, 0.25) is 0 Å². The summed E-state index contributed by atoms with van der Waals surface area (Å²) in [6, 6.07) is 3.93. The van der Waals surface area contributed by atoms with Crippen LogP contribution in [0.2, 0.25) is 0 Å². The van der Waals surface area contributed by atoms with E-state index in [1.54, 1.807) is 6.20 Å². The summed E-state index contributed by atoms with van der Waals surface area (Å²) in [5, 5.41) is 10.4. The van der Waals surface area contributed by atoms with Crippen LogP contribution in [0.15, 0.2) is 22.8 Å². The third-order valence-electron chi connectivity index (χ3n) is 3.61. The second-order valence-corrected chi connectivity index (χ2v) is 5.89. The molecule has 0 aromatic carbocycles. The fourth-order valence-electron chi connectivity index (χ4n) is 1.80. The lowest BCUT2D eigenvalue weighted by atomic mass is 9.83. The molecule has 0 bridgehead atoms. The van der Waals surface area contributed by atoms with Crippen LogP contribution in [0.25, 0.3) is 0 Å². The molecule has 1 aliphatic rings. The molecule has 1 heterocycles. The molecule has 2 rings (SSSR count). The van der Waals surface area contributed by atoms with Gasteiger partial charge in [0.25, 0.3) is 0 Å². The van der Waals surface area contributed by atoms with Gasteiger partial charge in [-0.1, -0.05) is 6.92 Å². The van der Waals surface area contributed by atoms with Crippen LogP contribution < -0.4 is 0 Å². The van der Waals surface area contributed by atoms with Crippen LogP contribution in [0.4, 0.5) is 0 Å². The molecule has 1 unspecified atom stereocenters. The Balaban J connectivity index is 2.11. The van der Waals surface area contributed by atoms with Gasteiger partial charge >= 0.3 is 0 Å². The summed E-state index contributed by atoms with van der Waals surface area (Å²) in [6.07, 6.45) is 4.66. The molecule has 1 saturated carbocycles. The lowest BCUT2D eigenvalue weighted by Gasteiger charge is -2.30. The molecule has 1 N–H and O–H groups in total. The largest absolute Gasteiger partial charge is 0.389 e. The maximum absolute atomic E-state index is 10.4. The van der Waals surface area contributed by atoms with Crippen LogP contribution in [0.5, 0.6) is 0 Å². The van der Waals surface area contributed by atoms with Crippen molar-refractivity contribution in [2.45, 2.75) is 38.7 Å². The predicted octanol–water partition coefficient (Wildman–Crippen LogP) is 2.94. The first-order valence-corrected chi connectivity index (χ1v) is 6.05. The number of hydrogen-bond donors (Lipinski definition) is 1. The Morgan fingerprint density at radius 3 is 2.67 bits per heavy atom. The van der Waals surface area contributed by atoms with E-state index in [0.29, 0.717) is 6.42 Å². The van der Waals surface area contributed by atoms with Crippen molar-refractivity contribution in [2.24, 2.45) is 5.41 Å². The third kappa shape index (κ3) is 2.23. The fraction of sp³-hybridized carbons (Fsp3) is 0.583.